The first-order chi connectivity index (χ1) is 14.3. The Kier molecular flexibility index (Phi) is 18.6. The number of ether oxygens (including phenoxy) is 2. The van der Waals surface area contributed by atoms with Crippen LogP contribution >= 0.6 is 0 Å². The van der Waals surface area contributed by atoms with E-state index in [0.29, 0.717) is 25.7 Å². The van der Waals surface area contributed by atoms with Gasteiger partial charge in [0, 0.05) is 6.42 Å². The average molecular weight is 441 g/mol. The third-order valence-electron chi connectivity index (χ3n) is 3.96. The van der Waals surface area contributed by atoms with Gasteiger partial charge in [-0.25, -0.2) is 0 Å². The molecule has 6 N–H and O–H groups in total. The zero-order chi connectivity index (χ0) is 22.6. The van der Waals surface area contributed by atoms with Crippen molar-refractivity contribution in [3.8, 4) is 0 Å². The molecule has 13 nitrogen and oxygen atoms in total. The minimum atomic E-state index is -0.886. The zero-order valence-corrected chi connectivity index (χ0v) is 17.2. The maximum atomic E-state index is 11.8. The molecule has 0 saturated heterocycles. The molecule has 0 aromatic heterocycles. The van der Waals surface area contributed by atoms with Gasteiger partial charge in [-0.15, -0.1) is 0 Å². The van der Waals surface area contributed by atoms with Crippen LogP contribution in [0.4, 0.5) is 0 Å². The smallest absolute Gasteiger partial charge is 0.322 e. The van der Waals surface area contributed by atoms with Crippen molar-refractivity contribution in [2.45, 2.75) is 70.3 Å². The molecule has 0 radical (unpaired) electrons. The molecule has 13 heteroatoms. The number of esters is 2. The Hall–Kier alpha value is -1.42. The highest BCUT2D eigenvalue weighted by Gasteiger charge is 2.17. The lowest BCUT2D eigenvalue weighted by Gasteiger charge is -2.11. The molecule has 30 heavy (non-hydrogen) atoms. The number of unbranched alkanes of at least 4 members (excludes halogenated alkanes) is 6. The molecule has 0 aromatic rings. The molecule has 0 aliphatic carbocycles. The first kappa shape index (κ1) is 28.6. The molecule has 0 aliphatic heterocycles. The second kappa shape index (κ2) is 19.5. The van der Waals surface area contributed by atoms with Gasteiger partial charge in [0.1, 0.15) is 6.04 Å². The molecular weight excluding hydrogens is 406 g/mol. The molecule has 0 aliphatic rings. The Morgan fingerprint density at radius 3 is 1.60 bits per heavy atom. The highest BCUT2D eigenvalue weighted by Crippen LogP contribution is 2.05. The largest absolute Gasteiger partial charge is 0.466 e. The van der Waals surface area contributed by atoms with E-state index < -0.39 is 18.0 Å². The number of carbonyl (C=O) groups is 2. The molecule has 1 atom stereocenters. The lowest BCUT2D eigenvalue weighted by molar-refractivity contribution is -0.492. The Morgan fingerprint density at radius 1 is 0.700 bits per heavy atom. The van der Waals surface area contributed by atoms with Gasteiger partial charge in [-0.2, -0.15) is 0 Å². The summed E-state index contributed by atoms with van der Waals surface area (Å²) in [7, 11) is 0. The molecule has 0 amide bonds. The fourth-order valence-corrected chi connectivity index (χ4v) is 2.34. The summed E-state index contributed by atoms with van der Waals surface area (Å²) in [5.41, 5.74) is 5.72. The summed E-state index contributed by atoms with van der Waals surface area (Å²) in [6.45, 7) is 0.857. The summed E-state index contributed by atoms with van der Waals surface area (Å²) >= 11 is 0. The fourth-order valence-electron chi connectivity index (χ4n) is 2.34. The molecule has 0 spiro atoms. The second-order valence-electron chi connectivity index (χ2n) is 6.53. The predicted octanol–water partition coefficient (Wildman–Crippen LogP) is 1.33. The van der Waals surface area contributed by atoms with Crippen molar-refractivity contribution < 1.29 is 49.6 Å². The second-order valence-corrected chi connectivity index (χ2v) is 6.53. The first-order valence-electron chi connectivity index (χ1n) is 10.0. The lowest BCUT2D eigenvalue weighted by atomic mass is 10.1. The van der Waals surface area contributed by atoms with Crippen molar-refractivity contribution in [2.24, 2.45) is 5.73 Å². The van der Waals surface area contributed by atoms with Crippen molar-refractivity contribution in [1.29, 1.82) is 0 Å². The van der Waals surface area contributed by atoms with Crippen LogP contribution in [0.1, 0.15) is 64.2 Å². The van der Waals surface area contributed by atoms with E-state index in [1.807, 2.05) is 0 Å². The van der Waals surface area contributed by atoms with Gasteiger partial charge >= 0.3 is 11.9 Å². The Balaban J connectivity index is 3.52. The van der Waals surface area contributed by atoms with Crippen molar-refractivity contribution in [3.05, 3.63) is 0 Å². The van der Waals surface area contributed by atoms with Gasteiger partial charge in [-0.3, -0.25) is 40.1 Å². The summed E-state index contributed by atoms with van der Waals surface area (Å²) in [6, 6.07) is -0.886. The number of hydrogen-bond donors (Lipinski definition) is 5. The Morgan fingerprint density at radius 2 is 1.13 bits per heavy atom. The van der Waals surface area contributed by atoms with E-state index in [-0.39, 0.29) is 50.0 Å². The van der Waals surface area contributed by atoms with Gasteiger partial charge in [-0.05, 0) is 44.9 Å². The van der Waals surface area contributed by atoms with Crippen LogP contribution in [0.25, 0.3) is 0 Å². The molecule has 178 valence electrons. The number of nitrogens with zero attached hydrogens (tertiary/aromatic N) is 2. The summed E-state index contributed by atoms with van der Waals surface area (Å²) in [5.74, 6) is -0.988. The van der Waals surface area contributed by atoms with Crippen LogP contribution in [0.15, 0.2) is 0 Å². The van der Waals surface area contributed by atoms with E-state index >= 15 is 0 Å². The fraction of sp³-hybridized carbons (Fsp3) is 0.882. The van der Waals surface area contributed by atoms with Crippen LogP contribution in [-0.2, 0) is 28.7 Å². The van der Waals surface area contributed by atoms with Crippen molar-refractivity contribution >= 4 is 11.9 Å². The molecule has 0 aromatic carbocycles. The predicted molar refractivity (Wildman–Crippen MR) is 98.8 cm³/mol. The molecular formula is C17H35N3O10. The minimum absolute atomic E-state index is 0.0275. The topological polar surface area (TPSA) is 184 Å². The van der Waals surface area contributed by atoms with Crippen LogP contribution in [0, 0.1) is 0 Å². The molecule has 0 heterocycles. The van der Waals surface area contributed by atoms with Crippen LogP contribution in [0.3, 0.4) is 0 Å². The van der Waals surface area contributed by atoms with Gasteiger partial charge in [0.15, 0.2) is 0 Å². The van der Waals surface area contributed by atoms with E-state index in [1.165, 1.54) is 0 Å². The molecule has 0 fully saturated rings. The molecule has 0 saturated carbocycles. The van der Waals surface area contributed by atoms with Gasteiger partial charge in [0.05, 0.1) is 37.2 Å². The van der Waals surface area contributed by atoms with Crippen LogP contribution in [-0.4, -0.2) is 76.0 Å². The summed E-state index contributed by atoms with van der Waals surface area (Å²) in [4.78, 5) is 32.2. The van der Waals surface area contributed by atoms with Crippen molar-refractivity contribution in [1.82, 2.24) is 10.8 Å². The maximum absolute atomic E-state index is 11.8. The van der Waals surface area contributed by atoms with Crippen molar-refractivity contribution in [2.75, 3.05) is 26.4 Å². The number of rotatable bonds is 20. The maximum Gasteiger partial charge on any atom is 0.322 e. The first-order valence-corrected chi connectivity index (χ1v) is 10.0. The van der Waals surface area contributed by atoms with E-state index in [1.54, 1.807) is 0 Å². The van der Waals surface area contributed by atoms with Crippen LogP contribution in [0.2, 0.25) is 0 Å². The van der Waals surface area contributed by atoms with Gasteiger partial charge in [-0.1, -0.05) is 12.8 Å². The van der Waals surface area contributed by atoms with Crippen molar-refractivity contribution in [3.63, 3.8) is 0 Å². The SMILES string of the molecule is NC(CCC(=O)OCCCCCCON(O)O)C(=O)OCCCCCCON(O)O. The normalized spacial score (nSPS) is 12.4. The number of carbonyl (C=O) groups excluding carboxylic acids is 2. The Labute approximate surface area is 175 Å². The standard InChI is InChI=1S/C17H35N3O10/c18-15(17(22)28-12-6-2-4-8-14-30-20(25)26)9-10-16(21)27-11-5-1-3-7-13-29-19(23)24/h15,23-26H,1-14,18H2. The third-order valence-corrected chi connectivity index (χ3v) is 3.96. The average Bonchev–Trinajstić information content (AvgIpc) is 2.69. The Bertz CT molecular complexity index is 440. The van der Waals surface area contributed by atoms with E-state index in [2.05, 4.69) is 9.68 Å². The molecule has 0 bridgehead atoms. The summed E-state index contributed by atoms with van der Waals surface area (Å²) in [5, 5.41) is 32.7. The summed E-state index contributed by atoms with van der Waals surface area (Å²) in [6.07, 6.45) is 5.91. The highest BCUT2D eigenvalue weighted by atomic mass is 17.1. The van der Waals surface area contributed by atoms with Gasteiger partial charge < -0.3 is 15.2 Å². The third kappa shape index (κ3) is 19.9. The van der Waals surface area contributed by atoms with Crippen LogP contribution in [0.5, 0.6) is 0 Å². The number of hydrogen-bond acceptors (Lipinski definition) is 13. The monoisotopic (exact) mass is 441 g/mol. The van der Waals surface area contributed by atoms with E-state index in [4.69, 9.17) is 36.0 Å². The van der Waals surface area contributed by atoms with E-state index in [9.17, 15) is 9.59 Å². The lowest BCUT2D eigenvalue weighted by Crippen LogP contribution is -2.33. The molecule has 0 rings (SSSR count). The summed E-state index contributed by atoms with van der Waals surface area (Å²) < 4.78 is 10.1. The van der Waals surface area contributed by atoms with Gasteiger partial charge in [0.25, 0.3) is 0 Å². The zero-order valence-electron chi connectivity index (χ0n) is 17.2. The van der Waals surface area contributed by atoms with Gasteiger partial charge in [0.2, 0.25) is 0 Å². The minimum Gasteiger partial charge on any atom is -0.466 e. The number of nitrogens with two attached hydrogens (primary N) is 1. The molecule has 1 unspecified atom stereocenters. The van der Waals surface area contributed by atoms with Crippen LogP contribution < -0.4 is 5.73 Å². The van der Waals surface area contributed by atoms with E-state index in [0.717, 1.165) is 25.7 Å². The quantitative estimate of drug-likeness (QED) is 0.104. The highest BCUT2D eigenvalue weighted by molar-refractivity contribution is 5.77.